The van der Waals surface area contributed by atoms with E-state index in [1.807, 2.05) is 0 Å². The van der Waals surface area contributed by atoms with Gasteiger partial charge in [-0.25, -0.2) is 13.1 Å². The lowest BCUT2D eigenvalue weighted by Crippen LogP contribution is -2.25. The molecule has 1 heterocycles. The van der Waals surface area contributed by atoms with Crippen LogP contribution in [0.4, 0.5) is 5.13 Å². The lowest BCUT2D eigenvalue weighted by atomic mass is 10.1. The maximum absolute atomic E-state index is 12.4. The Hall–Kier alpha value is -1.84. The third-order valence-electron chi connectivity index (χ3n) is 4.76. The van der Waals surface area contributed by atoms with Gasteiger partial charge in [0.15, 0.2) is 0 Å². The Kier molecular flexibility index (Phi) is 7.74. The SMILES string of the molecule is CCCCCCCCc1nnc(NC(=O)c2ccc(S(=O)(=O)NC3CC3)cc2)s1. The summed E-state index contributed by atoms with van der Waals surface area (Å²) in [5.74, 6) is -0.327. The lowest BCUT2D eigenvalue weighted by molar-refractivity contribution is 0.102. The topological polar surface area (TPSA) is 101 Å². The number of aryl methyl sites for hydroxylation is 1. The van der Waals surface area contributed by atoms with Crippen LogP contribution in [-0.4, -0.2) is 30.6 Å². The van der Waals surface area contributed by atoms with Gasteiger partial charge in [0.1, 0.15) is 5.01 Å². The van der Waals surface area contributed by atoms with E-state index >= 15 is 0 Å². The van der Waals surface area contributed by atoms with Gasteiger partial charge >= 0.3 is 0 Å². The average Bonchev–Trinajstić information content (AvgIpc) is 3.40. The van der Waals surface area contributed by atoms with Crippen molar-refractivity contribution in [1.29, 1.82) is 0 Å². The number of hydrogen-bond acceptors (Lipinski definition) is 6. The summed E-state index contributed by atoms with van der Waals surface area (Å²) in [7, 11) is -3.51. The highest BCUT2D eigenvalue weighted by atomic mass is 32.2. The van der Waals surface area contributed by atoms with Crippen molar-refractivity contribution >= 4 is 32.4 Å². The summed E-state index contributed by atoms with van der Waals surface area (Å²) in [5, 5.41) is 12.3. The van der Waals surface area contributed by atoms with Crippen molar-refractivity contribution in [1.82, 2.24) is 14.9 Å². The first-order chi connectivity index (χ1) is 14.0. The van der Waals surface area contributed by atoms with E-state index < -0.39 is 10.0 Å². The fraction of sp³-hybridized carbons (Fsp3) is 0.550. The van der Waals surface area contributed by atoms with Crippen LogP contribution >= 0.6 is 11.3 Å². The highest BCUT2D eigenvalue weighted by molar-refractivity contribution is 7.89. The third kappa shape index (κ3) is 6.87. The maximum atomic E-state index is 12.4. The molecule has 0 bridgehead atoms. The summed E-state index contributed by atoms with van der Waals surface area (Å²) in [6.45, 7) is 2.21. The van der Waals surface area contributed by atoms with E-state index in [0.29, 0.717) is 10.7 Å². The van der Waals surface area contributed by atoms with Crippen LogP contribution in [0.5, 0.6) is 0 Å². The first kappa shape index (κ1) is 21.9. The second kappa shape index (κ2) is 10.3. The molecule has 29 heavy (non-hydrogen) atoms. The number of benzene rings is 1. The number of nitrogens with one attached hydrogen (secondary N) is 2. The fourth-order valence-electron chi connectivity index (χ4n) is 2.91. The van der Waals surface area contributed by atoms with Crippen LogP contribution in [0.25, 0.3) is 0 Å². The number of rotatable bonds is 12. The predicted octanol–water partition coefficient (Wildman–Crippen LogP) is 4.13. The third-order valence-corrected chi connectivity index (χ3v) is 7.19. The first-order valence-corrected chi connectivity index (χ1v) is 12.5. The first-order valence-electron chi connectivity index (χ1n) is 10.2. The van der Waals surface area contributed by atoms with Gasteiger partial charge in [0, 0.05) is 18.0 Å². The van der Waals surface area contributed by atoms with Gasteiger partial charge in [0.2, 0.25) is 15.2 Å². The monoisotopic (exact) mass is 436 g/mol. The summed E-state index contributed by atoms with van der Waals surface area (Å²) < 4.78 is 27.0. The van der Waals surface area contributed by atoms with E-state index in [1.165, 1.54) is 67.7 Å². The van der Waals surface area contributed by atoms with Crippen molar-refractivity contribution in [2.24, 2.45) is 0 Å². The molecular weight excluding hydrogens is 408 g/mol. The molecule has 1 amide bonds. The zero-order chi connectivity index (χ0) is 20.7. The minimum Gasteiger partial charge on any atom is -0.296 e. The Morgan fingerprint density at radius 2 is 1.76 bits per heavy atom. The van der Waals surface area contributed by atoms with Gasteiger partial charge in [-0.05, 0) is 43.5 Å². The predicted molar refractivity (Wildman–Crippen MR) is 115 cm³/mol. The highest BCUT2D eigenvalue weighted by Gasteiger charge is 2.28. The molecule has 0 saturated heterocycles. The molecule has 2 N–H and O–H groups in total. The Labute approximate surface area is 176 Å². The van der Waals surface area contributed by atoms with Crippen LogP contribution in [0.2, 0.25) is 0 Å². The van der Waals surface area contributed by atoms with Crippen molar-refractivity contribution < 1.29 is 13.2 Å². The van der Waals surface area contributed by atoms with Crippen LogP contribution in [-0.2, 0) is 16.4 Å². The zero-order valence-electron chi connectivity index (χ0n) is 16.7. The number of amides is 1. The summed E-state index contributed by atoms with van der Waals surface area (Å²) in [5.41, 5.74) is 0.378. The van der Waals surface area contributed by atoms with Crippen LogP contribution in [0.3, 0.4) is 0 Å². The summed E-state index contributed by atoms with van der Waals surface area (Å²) in [6, 6.07) is 5.96. The minimum atomic E-state index is -3.51. The van der Waals surface area contributed by atoms with Crippen LogP contribution in [0.15, 0.2) is 29.2 Å². The number of unbranched alkanes of at least 4 members (excludes halogenated alkanes) is 5. The van der Waals surface area contributed by atoms with Crippen molar-refractivity contribution in [3.63, 3.8) is 0 Å². The number of aromatic nitrogens is 2. The zero-order valence-corrected chi connectivity index (χ0v) is 18.3. The molecule has 1 saturated carbocycles. The number of carbonyl (C=O) groups is 1. The number of carbonyl (C=O) groups excluding carboxylic acids is 1. The van der Waals surface area contributed by atoms with Gasteiger partial charge in [-0.15, -0.1) is 10.2 Å². The van der Waals surface area contributed by atoms with E-state index in [2.05, 4.69) is 27.2 Å². The van der Waals surface area contributed by atoms with Crippen molar-refractivity contribution in [2.45, 2.75) is 75.6 Å². The molecule has 1 aliphatic carbocycles. The van der Waals surface area contributed by atoms with Crippen LogP contribution in [0, 0.1) is 0 Å². The molecule has 0 spiro atoms. The molecule has 1 aliphatic rings. The standard InChI is InChI=1S/C20H28N4O3S2/c1-2-3-4-5-6-7-8-18-22-23-20(28-18)21-19(25)15-9-13-17(14-10-15)29(26,27)24-16-11-12-16/h9-10,13-14,16,24H,2-8,11-12H2,1H3,(H,21,23,25). The molecule has 3 rings (SSSR count). The van der Waals surface area contributed by atoms with Crippen LogP contribution < -0.4 is 10.0 Å². The Bertz CT molecular complexity index is 906. The Morgan fingerprint density at radius 1 is 1.07 bits per heavy atom. The van der Waals surface area contributed by atoms with Gasteiger partial charge in [0.25, 0.3) is 5.91 Å². The number of nitrogens with zero attached hydrogens (tertiary/aromatic N) is 2. The quantitative estimate of drug-likeness (QED) is 0.487. The van der Waals surface area contributed by atoms with E-state index in [1.54, 1.807) is 0 Å². The Morgan fingerprint density at radius 3 is 2.45 bits per heavy atom. The minimum absolute atomic E-state index is 0.0471. The largest absolute Gasteiger partial charge is 0.296 e. The van der Waals surface area contributed by atoms with Gasteiger partial charge in [-0.1, -0.05) is 50.4 Å². The molecule has 7 nitrogen and oxygen atoms in total. The summed E-state index contributed by atoms with van der Waals surface area (Å²) in [6.07, 6.45) is 9.96. The molecule has 1 aromatic carbocycles. The highest BCUT2D eigenvalue weighted by Crippen LogP contribution is 2.23. The number of sulfonamides is 1. The number of hydrogen-bond donors (Lipinski definition) is 2. The number of anilines is 1. The maximum Gasteiger partial charge on any atom is 0.257 e. The van der Waals surface area contributed by atoms with E-state index in [0.717, 1.165) is 30.7 Å². The molecule has 0 radical (unpaired) electrons. The van der Waals surface area contributed by atoms with Crippen LogP contribution in [0.1, 0.15) is 73.7 Å². The Balaban J connectivity index is 1.48. The molecule has 0 unspecified atom stereocenters. The summed E-state index contributed by atoms with van der Waals surface area (Å²) >= 11 is 1.39. The fourth-order valence-corrected chi connectivity index (χ4v) is 4.99. The smallest absolute Gasteiger partial charge is 0.257 e. The average molecular weight is 437 g/mol. The molecule has 2 aromatic rings. The molecule has 1 fully saturated rings. The van der Waals surface area contributed by atoms with Gasteiger partial charge in [-0.2, -0.15) is 0 Å². The van der Waals surface area contributed by atoms with Gasteiger partial charge in [0.05, 0.1) is 4.90 Å². The van der Waals surface area contributed by atoms with Crippen molar-refractivity contribution in [3.05, 3.63) is 34.8 Å². The lowest BCUT2D eigenvalue weighted by Gasteiger charge is -2.06. The summed E-state index contributed by atoms with van der Waals surface area (Å²) in [4.78, 5) is 12.6. The molecule has 9 heteroatoms. The molecule has 0 aliphatic heterocycles. The van der Waals surface area contributed by atoms with Gasteiger partial charge in [-0.3, -0.25) is 10.1 Å². The second-order valence-corrected chi connectivity index (χ2v) is 10.2. The van der Waals surface area contributed by atoms with Gasteiger partial charge < -0.3 is 0 Å². The molecule has 158 valence electrons. The van der Waals surface area contributed by atoms with Crippen molar-refractivity contribution in [2.75, 3.05) is 5.32 Å². The van der Waals surface area contributed by atoms with Crippen molar-refractivity contribution in [3.8, 4) is 0 Å². The second-order valence-electron chi connectivity index (χ2n) is 7.39. The molecule has 0 atom stereocenters. The van der Waals surface area contributed by atoms with E-state index in [9.17, 15) is 13.2 Å². The molecular formula is C20H28N4O3S2. The normalized spacial score (nSPS) is 14.1. The molecule has 1 aromatic heterocycles. The van der Waals surface area contributed by atoms with E-state index in [-0.39, 0.29) is 16.8 Å². The van der Waals surface area contributed by atoms with E-state index in [4.69, 9.17) is 0 Å².